The van der Waals surface area contributed by atoms with Gasteiger partial charge in [0, 0.05) is 20.3 Å². The molecule has 0 bridgehead atoms. The maximum atomic E-state index is 5.19. The third-order valence-electron chi connectivity index (χ3n) is 1.97. The van der Waals surface area contributed by atoms with Gasteiger partial charge in [-0.15, -0.1) is 0 Å². The summed E-state index contributed by atoms with van der Waals surface area (Å²) in [5.41, 5.74) is 0. The molecule has 0 atom stereocenters. The van der Waals surface area contributed by atoms with E-state index in [0.717, 1.165) is 35.2 Å². The van der Waals surface area contributed by atoms with Crippen molar-refractivity contribution in [3.63, 3.8) is 0 Å². The summed E-state index contributed by atoms with van der Waals surface area (Å²) in [4.78, 5) is 2.19. The van der Waals surface area contributed by atoms with Gasteiger partial charge in [-0.1, -0.05) is 11.3 Å². The topological polar surface area (TPSA) is 30.3 Å². The Bertz CT molecular complexity index is 347. The van der Waals surface area contributed by atoms with Crippen LogP contribution in [0.5, 0.6) is 0 Å². The predicted molar refractivity (Wildman–Crippen MR) is 64.8 cm³/mol. The first kappa shape index (κ1) is 12.8. The first-order chi connectivity index (χ1) is 7.13. The molecule has 1 aromatic rings. The van der Waals surface area contributed by atoms with E-state index in [9.17, 15) is 0 Å². The quantitative estimate of drug-likeness (QED) is 0.567. The summed E-state index contributed by atoms with van der Waals surface area (Å²) in [6, 6.07) is 0. The number of nitrogens with zero attached hydrogens (tertiary/aromatic N) is 3. The van der Waals surface area contributed by atoms with Crippen LogP contribution < -0.4 is 0 Å². The summed E-state index contributed by atoms with van der Waals surface area (Å²) in [5, 5.41) is 5.36. The molecular weight excluding hydrogens is 230 g/mol. The van der Waals surface area contributed by atoms with Gasteiger partial charge in [0.2, 0.25) is 0 Å². The molecule has 15 heavy (non-hydrogen) atoms. The van der Waals surface area contributed by atoms with Crippen LogP contribution in [0.1, 0.15) is 11.4 Å². The minimum absolute atomic E-state index is 0.757. The van der Waals surface area contributed by atoms with Crippen molar-refractivity contribution in [1.82, 2.24) is 14.7 Å². The molecule has 4 nitrogen and oxygen atoms in total. The molecule has 1 heterocycles. The Balaban J connectivity index is 2.40. The molecule has 0 aromatic carbocycles. The summed E-state index contributed by atoms with van der Waals surface area (Å²) >= 11 is 6.75. The van der Waals surface area contributed by atoms with Gasteiger partial charge in [0.25, 0.3) is 0 Å². The van der Waals surface area contributed by atoms with Gasteiger partial charge in [-0.2, -0.15) is 5.10 Å². The van der Waals surface area contributed by atoms with E-state index in [0.29, 0.717) is 0 Å². The highest BCUT2D eigenvalue weighted by molar-refractivity contribution is 7.73. The van der Waals surface area contributed by atoms with Crippen LogP contribution in [0.2, 0.25) is 0 Å². The molecular formula is C9H17N3OS2. The zero-order valence-corrected chi connectivity index (χ0v) is 11.0. The van der Waals surface area contributed by atoms with Gasteiger partial charge in [0.15, 0.2) is 3.95 Å². The second kappa shape index (κ2) is 6.32. The van der Waals surface area contributed by atoms with E-state index < -0.39 is 0 Å². The molecule has 1 rings (SSSR count). The fraction of sp³-hybridized carbons (Fsp3) is 0.778. The second-order valence-electron chi connectivity index (χ2n) is 3.45. The van der Waals surface area contributed by atoms with Crippen LogP contribution in [0.15, 0.2) is 0 Å². The summed E-state index contributed by atoms with van der Waals surface area (Å²) in [6.07, 6.45) is 1.03. The zero-order valence-electron chi connectivity index (χ0n) is 9.39. The second-order valence-corrected chi connectivity index (χ2v) is 5.28. The number of aromatic nitrogens is 2. The third kappa shape index (κ3) is 4.38. The molecule has 86 valence electrons. The van der Waals surface area contributed by atoms with Crippen LogP contribution in [0, 0.1) is 10.9 Å². The van der Waals surface area contributed by atoms with Crippen LogP contribution in [0.4, 0.5) is 0 Å². The summed E-state index contributed by atoms with van der Waals surface area (Å²) in [6.45, 7) is 4.52. The minimum atomic E-state index is 0.757. The smallest absolute Gasteiger partial charge is 0.180 e. The first-order valence-corrected chi connectivity index (χ1v) is 6.08. The fourth-order valence-corrected chi connectivity index (χ4v) is 2.33. The lowest BCUT2D eigenvalue weighted by atomic mass is 10.4. The molecule has 0 unspecified atom stereocenters. The van der Waals surface area contributed by atoms with E-state index >= 15 is 0 Å². The highest BCUT2D eigenvalue weighted by atomic mass is 32.1. The van der Waals surface area contributed by atoms with Gasteiger partial charge in [-0.25, -0.2) is 4.68 Å². The van der Waals surface area contributed by atoms with Crippen molar-refractivity contribution in [2.24, 2.45) is 0 Å². The van der Waals surface area contributed by atoms with Crippen LogP contribution in [0.3, 0.4) is 0 Å². The van der Waals surface area contributed by atoms with Gasteiger partial charge in [0.1, 0.15) is 5.01 Å². The Hall–Kier alpha value is -0.300. The maximum absolute atomic E-state index is 5.19. The molecule has 0 spiro atoms. The Morgan fingerprint density at radius 2 is 2.33 bits per heavy atom. The van der Waals surface area contributed by atoms with E-state index in [4.69, 9.17) is 17.0 Å². The number of ether oxygens (including phenoxy) is 1. The summed E-state index contributed by atoms with van der Waals surface area (Å²) in [7, 11) is 3.78. The number of rotatable bonds is 6. The van der Waals surface area contributed by atoms with Gasteiger partial charge in [-0.3, -0.25) is 4.90 Å². The molecule has 0 saturated heterocycles. The number of hydrogen-bond donors (Lipinski definition) is 0. The van der Waals surface area contributed by atoms with E-state index in [-0.39, 0.29) is 0 Å². The Labute approximate surface area is 99.5 Å². The van der Waals surface area contributed by atoms with E-state index in [2.05, 4.69) is 17.0 Å². The van der Waals surface area contributed by atoms with Crippen LogP contribution in [-0.4, -0.2) is 42.0 Å². The largest absolute Gasteiger partial charge is 0.385 e. The summed E-state index contributed by atoms with van der Waals surface area (Å²) < 4.78 is 7.70. The number of aryl methyl sites for hydroxylation is 1. The monoisotopic (exact) mass is 247 g/mol. The molecule has 0 aliphatic heterocycles. The fourth-order valence-electron chi connectivity index (χ4n) is 1.28. The molecule has 0 N–H and O–H groups in total. The Morgan fingerprint density at radius 3 is 2.87 bits per heavy atom. The van der Waals surface area contributed by atoms with Gasteiger partial charge >= 0.3 is 0 Å². The normalized spacial score (nSPS) is 11.2. The highest BCUT2D eigenvalue weighted by Gasteiger charge is 2.03. The lowest BCUT2D eigenvalue weighted by Crippen LogP contribution is -2.24. The van der Waals surface area contributed by atoms with Crippen LogP contribution in [-0.2, 0) is 11.4 Å². The minimum Gasteiger partial charge on any atom is -0.385 e. The Kier molecular flexibility index (Phi) is 5.38. The summed E-state index contributed by atoms with van der Waals surface area (Å²) in [5.74, 6) is 0. The average Bonchev–Trinajstić information content (AvgIpc) is 2.45. The average molecular weight is 247 g/mol. The number of hydrogen-bond acceptors (Lipinski definition) is 5. The molecule has 0 fully saturated rings. The van der Waals surface area contributed by atoms with Crippen molar-refractivity contribution >= 4 is 23.6 Å². The van der Waals surface area contributed by atoms with Crippen LogP contribution >= 0.6 is 23.6 Å². The van der Waals surface area contributed by atoms with Gasteiger partial charge in [0.05, 0.1) is 6.67 Å². The van der Waals surface area contributed by atoms with Crippen molar-refractivity contribution in [2.45, 2.75) is 20.0 Å². The van der Waals surface area contributed by atoms with Crippen molar-refractivity contribution < 1.29 is 4.74 Å². The van der Waals surface area contributed by atoms with E-state index in [1.54, 1.807) is 18.4 Å². The highest BCUT2D eigenvalue weighted by Crippen LogP contribution is 2.06. The molecule has 1 aromatic heterocycles. The number of methoxy groups -OCH3 is 1. The van der Waals surface area contributed by atoms with Gasteiger partial charge in [-0.05, 0) is 32.6 Å². The maximum Gasteiger partial charge on any atom is 0.180 e. The molecule has 0 aliphatic carbocycles. The van der Waals surface area contributed by atoms with Crippen molar-refractivity contribution in [3.8, 4) is 0 Å². The lowest BCUT2D eigenvalue weighted by molar-refractivity contribution is 0.168. The van der Waals surface area contributed by atoms with E-state index in [1.807, 2.05) is 11.6 Å². The lowest BCUT2D eigenvalue weighted by Gasteiger charge is -2.15. The zero-order chi connectivity index (χ0) is 11.3. The molecule has 6 heteroatoms. The standard InChI is InChI=1S/C9H17N3OS2/c1-8-10-12(9(14)15-8)7-11(2)5-4-6-13-3/h4-7H2,1-3H3. The SMILES string of the molecule is COCCCN(C)Cn1nc(C)sc1=S. The van der Waals surface area contributed by atoms with Crippen LogP contribution in [0.25, 0.3) is 0 Å². The first-order valence-electron chi connectivity index (χ1n) is 4.85. The molecule has 0 radical (unpaired) electrons. The third-order valence-corrected chi connectivity index (χ3v) is 3.19. The van der Waals surface area contributed by atoms with Gasteiger partial charge < -0.3 is 4.74 Å². The van der Waals surface area contributed by atoms with E-state index in [1.165, 1.54) is 0 Å². The molecule has 0 saturated carbocycles. The molecule has 0 amide bonds. The van der Waals surface area contributed by atoms with Crippen molar-refractivity contribution in [1.29, 1.82) is 0 Å². The Morgan fingerprint density at radius 1 is 1.60 bits per heavy atom. The van der Waals surface area contributed by atoms with Crippen molar-refractivity contribution in [2.75, 3.05) is 27.3 Å². The molecule has 0 aliphatic rings. The van der Waals surface area contributed by atoms with Crippen molar-refractivity contribution in [3.05, 3.63) is 8.96 Å². The predicted octanol–water partition coefficient (Wildman–Crippen LogP) is 1.91.